The molecular formula is C15H16Cl2N2O. The first kappa shape index (κ1) is 13.8. The molecule has 2 aromatic rings. The molecule has 1 heterocycles. The van der Waals surface area contributed by atoms with Crippen molar-refractivity contribution in [3.05, 3.63) is 33.9 Å². The molecule has 1 aliphatic carbocycles. The highest BCUT2D eigenvalue weighted by molar-refractivity contribution is 6.39. The molecule has 1 amide bonds. The molecule has 0 saturated heterocycles. The predicted octanol–water partition coefficient (Wildman–Crippen LogP) is 4.35. The average Bonchev–Trinajstić information content (AvgIpc) is 3.20. The maximum atomic E-state index is 12.6. The Morgan fingerprint density at radius 2 is 2.15 bits per heavy atom. The Balaban J connectivity index is 1.95. The number of fused-ring (bicyclic) bond motifs is 1. The summed E-state index contributed by atoms with van der Waals surface area (Å²) in [5.41, 5.74) is 1.30. The lowest BCUT2D eigenvalue weighted by atomic mass is 10.2. The number of hydrogen-bond acceptors (Lipinski definition) is 1. The van der Waals surface area contributed by atoms with Crippen molar-refractivity contribution in [2.24, 2.45) is 5.92 Å². The zero-order valence-electron chi connectivity index (χ0n) is 11.2. The fourth-order valence-electron chi connectivity index (χ4n) is 2.40. The van der Waals surface area contributed by atoms with E-state index in [9.17, 15) is 4.79 Å². The molecule has 20 heavy (non-hydrogen) atoms. The molecule has 0 aliphatic heterocycles. The van der Waals surface area contributed by atoms with E-state index in [-0.39, 0.29) is 5.91 Å². The first-order valence-corrected chi connectivity index (χ1v) is 7.61. The molecule has 0 atom stereocenters. The second kappa shape index (κ2) is 5.30. The Morgan fingerprint density at radius 1 is 1.40 bits per heavy atom. The third kappa shape index (κ3) is 2.52. The van der Waals surface area contributed by atoms with E-state index in [2.05, 4.69) is 4.98 Å². The van der Waals surface area contributed by atoms with Gasteiger partial charge in [0.1, 0.15) is 5.69 Å². The van der Waals surface area contributed by atoms with Gasteiger partial charge in [-0.15, -0.1) is 0 Å². The minimum Gasteiger partial charge on any atom is -0.349 e. The van der Waals surface area contributed by atoms with Crippen molar-refractivity contribution in [2.75, 3.05) is 13.1 Å². The number of rotatable bonds is 4. The number of benzene rings is 1. The van der Waals surface area contributed by atoms with E-state index in [0.717, 1.165) is 17.4 Å². The highest BCUT2D eigenvalue weighted by Gasteiger charge is 2.28. The highest BCUT2D eigenvalue weighted by atomic mass is 35.5. The monoisotopic (exact) mass is 310 g/mol. The number of halogens is 2. The average molecular weight is 311 g/mol. The molecule has 5 heteroatoms. The predicted molar refractivity (Wildman–Crippen MR) is 82.6 cm³/mol. The molecule has 0 unspecified atom stereocenters. The van der Waals surface area contributed by atoms with Gasteiger partial charge in [0.15, 0.2) is 0 Å². The van der Waals surface area contributed by atoms with Crippen LogP contribution in [0.3, 0.4) is 0 Å². The highest BCUT2D eigenvalue weighted by Crippen LogP contribution is 2.33. The number of aromatic nitrogens is 1. The Hall–Kier alpha value is -1.19. The van der Waals surface area contributed by atoms with Gasteiger partial charge in [-0.05, 0) is 43.9 Å². The molecule has 0 bridgehead atoms. The SMILES string of the molecule is CCN(CC1CC1)C(=O)c1[nH]c2ccc(Cl)cc2c1Cl. The molecule has 1 saturated carbocycles. The minimum absolute atomic E-state index is 0.0308. The summed E-state index contributed by atoms with van der Waals surface area (Å²) in [5, 5.41) is 1.87. The molecular weight excluding hydrogens is 295 g/mol. The number of nitrogens with zero attached hydrogens (tertiary/aromatic N) is 1. The molecule has 0 spiro atoms. The Kier molecular flexibility index (Phi) is 3.65. The van der Waals surface area contributed by atoms with Crippen molar-refractivity contribution >= 4 is 40.0 Å². The molecule has 0 radical (unpaired) electrons. The number of H-pyrrole nitrogens is 1. The summed E-state index contributed by atoms with van der Waals surface area (Å²) in [5.74, 6) is 0.633. The van der Waals surface area contributed by atoms with E-state index in [0.29, 0.717) is 28.2 Å². The Bertz CT molecular complexity index is 661. The topological polar surface area (TPSA) is 36.1 Å². The number of aromatic amines is 1. The summed E-state index contributed by atoms with van der Waals surface area (Å²) in [6.45, 7) is 3.51. The van der Waals surface area contributed by atoms with Crippen molar-refractivity contribution in [3.8, 4) is 0 Å². The molecule has 1 aromatic carbocycles. The third-order valence-electron chi connectivity index (χ3n) is 3.76. The standard InChI is InChI=1S/C15H16Cl2N2O/c1-2-19(8-9-3-4-9)15(20)14-13(17)11-7-10(16)5-6-12(11)18-14/h5-7,9,18H,2-4,8H2,1H3. The van der Waals surface area contributed by atoms with E-state index in [4.69, 9.17) is 23.2 Å². The summed E-state index contributed by atoms with van der Waals surface area (Å²) < 4.78 is 0. The zero-order chi connectivity index (χ0) is 14.3. The Morgan fingerprint density at radius 3 is 2.80 bits per heavy atom. The summed E-state index contributed by atoms with van der Waals surface area (Å²) in [4.78, 5) is 17.6. The summed E-state index contributed by atoms with van der Waals surface area (Å²) in [6.07, 6.45) is 2.44. The second-order valence-corrected chi connectivity index (χ2v) is 6.11. The fraction of sp³-hybridized carbons (Fsp3) is 0.400. The van der Waals surface area contributed by atoms with Crippen LogP contribution < -0.4 is 0 Å². The van der Waals surface area contributed by atoms with Gasteiger partial charge in [0.2, 0.25) is 0 Å². The number of carbonyl (C=O) groups is 1. The first-order chi connectivity index (χ1) is 9.60. The minimum atomic E-state index is -0.0308. The largest absolute Gasteiger partial charge is 0.349 e. The van der Waals surface area contributed by atoms with Crippen LogP contribution >= 0.6 is 23.2 Å². The second-order valence-electron chi connectivity index (χ2n) is 5.29. The van der Waals surface area contributed by atoms with Gasteiger partial charge in [0.05, 0.1) is 5.02 Å². The van der Waals surface area contributed by atoms with Crippen LogP contribution in [-0.4, -0.2) is 28.9 Å². The van der Waals surface area contributed by atoms with E-state index < -0.39 is 0 Å². The van der Waals surface area contributed by atoms with Gasteiger partial charge in [0.25, 0.3) is 5.91 Å². The van der Waals surface area contributed by atoms with Gasteiger partial charge >= 0.3 is 0 Å². The van der Waals surface area contributed by atoms with Crippen LogP contribution in [0.2, 0.25) is 10.0 Å². The lowest BCUT2D eigenvalue weighted by molar-refractivity contribution is 0.0752. The van der Waals surface area contributed by atoms with Crippen molar-refractivity contribution in [3.63, 3.8) is 0 Å². The first-order valence-electron chi connectivity index (χ1n) is 6.86. The summed E-state index contributed by atoms with van der Waals surface area (Å²) in [7, 11) is 0. The van der Waals surface area contributed by atoms with Gasteiger partial charge in [-0.3, -0.25) is 4.79 Å². The third-order valence-corrected chi connectivity index (χ3v) is 4.38. The van der Waals surface area contributed by atoms with Crippen LogP contribution in [0.4, 0.5) is 0 Å². The molecule has 106 valence electrons. The van der Waals surface area contributed by atoms with Crippen LogP contribution in [0.25, 0.3) is 10.9 Å². The Labute approximate surface area is 127 Å². The lowest BCUT2D eigenvalue weighted by Crippen LogP contribution is -2.33. The maximum absolute atomic E-state index is 12.6. The van der Waals surface area contributed by atoms with Crippen molar-refractivity contribution in [1.82, 2.24) is 9.88 Å². The smallest absolute Gasteiger partial charge is 0.271 e. The fourth-order valence-corrected chi connectivity index (χ4v) is 2.86. The molecule has 1 N–H and O–H groups in total. The van der Waals surface area contributed by atoms with Crippen LogP contribution in [0.1, 0.15) is 30.3 Å². The molecule has 1 fully saturated rings. The van der Waals surface area contributed by atoms with E-state index in [1.165, 1.54) is 12.8 Å². The van der Waals surface area contributed by atoms with Crippen LogP contribution in [0, 0.1) is 5.92 Å². The molecule has 1 aromatic heterocycles. The van der Waals surface area contributed by atoms with Crippen molar-refractivity contribution in [1.29, 1.82) is 0 Å². The number of nitrogens with one attached hydrogen (secondary N) is 1. The normalized spacial score (nSPS) is 14.8. The van der Waals surface area contributed by atoms with Gasteiger partial charge in [0, 0.05) is 29.0 Å². The number of amides is 1. The van der Waals surface area contributed by atoms with Gasteiger partial charge in [-0.25, -0.2) is 0 Å². The van der Waals surface area contributed by atoms with Crippen LogP contribution in [0.5, 0.6) is 0 Å². The van der Waals surface area contributed by atoms with Gasteiger partial charge in [-0.2, -0.15) is 0 Å². The van der Waals surface area contributed by atoms with Crippen LogP contribution in [0.15, 0.2) is 18.2 Å². The molecule has 1 aliphatic rings. The number of carbonyl (C=O) groups excluding carboxylic acids is 1. The molecule has 3 rings (SSSR count). The van der Waals surface area contributed by atoms with E-state index >= 15 is 0 Å². The maximum Gasteiger partial charge on any atom is 0.271 e. The molecule has 3 nitrogen and oxygen atoms in total. The lowest BCUT2D eigenvalue weighted by Gasteiger charge is -2.20. The van der Waals surface area contributed by atoms with E-state index in [1.54, 1.807) is 12.1 Å². The van der Waals surface area contributed by atoms with Crippen molar-refractivity contribution in [2.45, 2.75) is 19.8 Å². The number of hydrogen-bond donors (Lipinski definition) is 1. The van der Waals surface area contributed by atoms with Gasteiger partial charge in [-0.1, -0.05) is 23.2 Å². The zero-order valence-corrected chi connectivity index (χ0v) is 12.8. The summed E-state index contributed by atoms with van der Waals surface area (Å²) >= 11 is 12.3. The van der Waals surface area contributed by atoms with Crippen LogP contribution in [-0.2, 0) is 0 Å². The van der Waals surface area contributed by atoms with Crippen molar-refractivity contribution < 1.29 is 4.79 Å². The van der Waals surface area contributed by atoms with Gasteiger partial charge < -0.3 is 9.88 Å². The quantitative estimate of drug-likeness (QED) is 0.895. The summed E-state index contributed by atoms with van der Waals surface area (Å²) in [6, 6.07) is 5.41. The van der Waals surface area contributed by atoms with E-state index in [1.807, 2.05) is 17.9 Å².